The molecule has 8 heteroatoms. The highest BCUT2D eigenvalue weighted by atomic mass is 16.2. The maximum Gasteiger partial charge on any atom is 0.224 e. The standard InChI is InChI=1S/C23H39N7O/c1-3-20-8-5-7-14-28(20)15-13-27-23(24-2)26-12-10-22(31)30-18-16-29(17-19-30)21-9-4-6-11-25-21/h4,6,9,11,20H,3,5,7-8,10,12-19H2,1-2H3,(H2,24,26,27). The topological polar surface area (TPSA) is 76.1 Å². The van der Waals surface area contributed by atoms with Gasteiger partial charge in [-0.25, -0.2) is 4.98 Å². The van der Waals surface area contributed by atoms with Crippen molar-refractivity contribution >= 4 is 17.7 Å². The van der Waals surface area contributed by atoms with Gasteiger partial charge in [-0.3, -0.25) is 14.7 Å². The predicted molar refractivity (Wildman–Crippen MR) is 127 cm³/mol. The third-order valence-corrected chi connectivity index (χ3v) is 6.37. The van der Waals surface area contributed by atoms with Gasteiger partial charge < -0.3 is 20.4 Å². The van der Waals surface area contributed by atoms with Gasteiger partial charge in [0.05, 0.1) is 0 Å². The Morgan fingerprint density at radius 1 is 1.13 bits per heavy atom. The Kier molecular flexibility index (Phi) is 9.39. The lowest BCUT2D eigenvalue weighted by molar-refractivity contribution is -0.131. The number of piperazine rings is 1. The predicted octanol–water partition coefficient (Wildman–Crippen LogP) is 1.55. The van der Waals surface area contributed by atoms with Gasteiger partial charge in [-0.2, -0.15) is 0 Å². The largest absolute Gasteiger partial charge is 0.356 e. The molecule has 0 spiro atoms. The van der Waals surface area contributed by atoms with E-state index in [0.717, 1.165) is 57.1 Å². The first-order valence-corrected chi connectivity index (χ1v) is 11.8. The van der Waals surface area contributed by atoms with Crippen LogP contribution in [0.15, 0.2) is 29.4 Å². The van der Waals surface area contributed by atoms with Gasteiger partial charge in [-0.05, 0) is 37.9 Å². The van der Waals surface area contributed by atoms with Crippen molar-refractivity contribution in [2.45, 2.75) is 45.1 Å². The highest BCUT2D eigenvalue weighted by Gasteiger charge is 2.22. The molecule has 172 valence electrons. The molecule has 1 unspecified atom stereocenters. The van der Waals surface area contributed by atoms with Gasteiger partial charge in [0, 0.05) is 71.5 Å². The van der Waals surface area contributed by atoms with Gasteiger partial charge >= 0.3 is 0 Å². The van der Waals surface area contributed by atoms with Crippen LogP contribution in [-0.4, -0.2) is 92.1 Å². The molecular formula is C23H39N7O. The van der Waals surface area contributed by atoms with Crippen molar-refractivity contribution < 1.29 is 4.79 Å². The lowest BCUT2D eigenvalue weighted by Crippen LogP contribution is -2.50. The summed E-state index contributed by atoms with van der Waals surface area (Å²) in [6.07, 6.45) is 7.51. The Labute approximate surface area is 187 Å². The molecule has 1 atom stereocenters. The second kappa shape index (κ2) is 12.5. The van der Waals surface area contributed by atoms with E-state index in [1.165, 1.54) is 32.2 Å². The van der Waals surface area contributed by atoms with Gasteiger partial charge in [0.1, 0.15) is 5.82 Å². The fraction of sp³-hybridized carbons (Fsp3) is 0.696. The van der Waals surface area contributed by atoms with Crippen LogP contribution >= 0.6 is 0 Å². The van der Waals surface area contributed by atoms with Crippen molar-refractivity contribution in [2.75, 3.05) is 64.3 Å². The summed E-state index contributed by atoms with van der Waals surface area (Å²) < 4.78 is 0. The number of carbonyl (C=O) groups excluding carboxylic acids is 1. The Morgan fingerprint density at radius 3 is 2.65 bits per heavy atom. The van der Waals surface area contributed by atoms with E-state index >= 15 is 0 Å². The number of rotatable bonds is 8. The summed E-state index contributed by atoms with van der Waals surface area (Å²) in [5.74, 6) is 1.96. The third-order valence-electron chi connectivity index (χ3n) is 6.37. The Bertz CT molecular complexity index is 688. The molecule has 0 radical (unpaired) electrons. The van der Waals surface area contributed by atoms with Crippen LogP contribution in [0.25, 0.3) is 0 Å². The number of amides is 1. The zero-order valence-corrected chi connectivity index (χ0v) is 19.2. The number of nitrogens with one attached hydrogen (secondary N) is 2. The number of aromatic nitrogens is 1. The fourth-order valence-corrected chi connectivity index (χ4v) is 4.53. The van der Waals surface area contributed by atoms with Gasteiger partial charge in [-0.1, -0.05) is 19.4 Å². The number of aliphatic imine (C=N–C) groups is 1. The molecule has 8 nitrogen and oxygen atoms in total. The van der Waals surface area contributed by atoms with Gasteiger partial charge in [0.25, 0.3) is 0 Å². The number of pyridine rings is 1. The molecule has 2 aliphatic heterocycles. The number of nitrogens with zero attached hydrogens (tertiary/aromatic N) is 5. The number of anilines is 1. The minimum atomic E-state index is 0.197. The average Bonchev–Trinajstić information content (AvgIpc) is 2.84. The van der Waals surface area contributed by atoms with Gasteiger partial charge in [-0.15, -0.1) is 0 Å². The van der Waals surface area contributed by atoms with E-state index in [1.807, 2.05) is 29.3 Å². The van der Waals surface area contributed by atoms with E-state index in [2.05, 4.69) is 37.3 Å². The first-order valence-electron chi connectivity index (χ1n) is 11.8. The first-order chi connectivity index (χ1) is 15.2. The number of likely N-dealkylation sites (tertiary alicyclic amines) is 1. The summed E-state index contributed by atoms with van der Waals surface area (Å²) in [4.78, 5) is 28.1. The molecule has 3 rings (SSSR count). The molecule has 0 aromatic carbocycles. The van der Waals surface area contributed by atoms with Crippen LogP contribution in [0.4, 0.5) is 5.82 Å². The zero-order chi connectivity index (χ0) is 21.9. The molecule has 1 amide bonds. The molecule has 3 heterocycles. The minimum Gasteiger partial charge on any atom is -0.356 e. The number of piperidine rings is 1. The normalized spacial score (nSPS) is 20.6. The number of carbonyl (C=O) groups is 1. The first kappa shape index (κ1) is 23.3. The van der Waals surface area contributed by atoms with Gasteiger partial charge in [0.2, 0.25) is 5.91 Å². The Morgan fingerprint density at radius 2 is 1.94 bits per heavy atom. The van der Waals surface area contributed by atoms with E-state index in [-0.39, 0.29) is 5.91 Å². The summed E-state index contributed by atoms with van der Waals surface area (Å²) in [5, 5.41) is 6.69. The second-order valence-electron chi connectivity index (χ2n) is 8.33. The molecule has 0 saturated carbocycles. The summed E-state index contributed by atoms with van der Waals surface area (Å²) in [6.45, 7) is 9.15. The third kappa shape index (κ3) is 7.09. The maximum absolute atomic E-state index is 12.6. The molecule has 2 saturated heterocycles. The zero-order valence-electron chi connectivity index (χ0n) is 19.2. The smallest absolute Gasteiger partial charge is 0.224 e. The monoisotopic (exact) mass is 429 g/mol. The van der Waals surface area contributed by atoms with E-state index < -0.39 is 0 Å². The molecule has 1 aromatic rings. The quantitative estimate of drug-likeness (QED) is 0.482. The van der Waals surface area contributed by atoms with Crippen molar-refractivity contribution in [1.29, 1.82) is 0 Å². The van der Waals surface area contributed by atoms with Crippen LogP contribution in [0.2, 0.25) is 0 Å². The average molecular weight is 430 g/mol. The van der Waals surface area contributed by atoms with Crippen molar-refractivity contribution in [3.05, 3.63) is 24.4 Å². The Hall–Kier alpha value is -2.35. The van der Waals surface area contributed by atoms with Crippen LogP contribution in [0.5, 0.6) is 0 Å². The lowest BCUT2D eigenvalue weighted by atomic mass is 10.0. The van der Waals surface area contributed by atoms with Crippen molar-refractivity contribution in [2.24, 2.45) is 4.99 Å². The van der Waals surface area contributed by atoms with Crippen LogP contribution in [0.1, 0.15) is 39.0 Å². The van der Waals surface area contributed by atoms with E-state index in [9.17, 15) is 4.79 Å². The van der Waals surface area contributed by atoms with E-state index in [0.29, 0.717) is 13.0 Å². The van der Waals surface area contributed by atoms with Crippen LogP contribution in [-0.2, 0) is 4.79 Å². The molecule has 2 fully saturated rings. The minimum absolute atomic E-state index is 0.197. The molecule has 31 heavy (non-hydrogen) atoms. The lowest BCUT2D eigenvalue weighted by Gasteiger charge is -2.35. The molecular weight excluding hydrogens is 390 g/mol. The summed E-state index contributed by atoms with van der Waals surface area (Å²) in [5.41, 5.74) is 0. The maximum atomic E-state index is 12.6. The second-order valence-corrected chi connectivity index (χ2v) is 8.33. The van der Waals surface area contributed by atoms with Gasteiger partial charge in [0.15, 0.2) is 5.96 Å². The Balaban J connectivity index is 1.31. The summed E-state index contributed by atoms with van der Waals surface area (Å²) >= 11 is 0. The SMILES string of the molecule is CCC1CCCCN1CCNC(=NC)NCCC(=O)N1CCN(c2ccccn2)CC1. The number of guanidine groups is 1. The van der Waals surface area contributed by atoms with E-state index in [4.69, 9.17) is 0 Å². The van der Waals surface area contributed by atoms with Crippen LogP contribution in [0, 0.1) is 0 Å². The summed E-state index contributed by atoms with van der Waals surface area (Å²) in [7, 11) is 1.78. The van der Waals surface area contributed by atoms with Crippen LogP contribution < -0.4 is 15.5 Å². The molecule has 0 aliphatic carbocycles. The van der Waals surface area contributed by atoms with Crippen molar-refractivity contribution in [1.82, 2.24) is 25.4 Å². The highest BCUT2D eigenvalue weighted by Crippen LogP contribution is 2.18. The summed E-state index contributed by atoms with van der Waals surface area (Å²) in [6, 6.07) is 6.67. The molecule has 2 aliphatic rings. The molecule has 1 aromatic heterocycles. The fourth-order valence-electron chi connectivity index (χ4n) is 4.53. The molecule has 2 N–H and O–H groups in total. The number of hydrogen-bond acceptors (Lipinski definition) is 5. The highest BCUT2D eigenvalue weighted by molar-refractivity contribution is 5.81. The van der Waals surface area contributed by atoms with Crippen molar-refractivity contribution in [3.8, 4) is 0 Å². The van der Waals surface area contributed by atoms with Crippen molar-refractivity contribution in [3.63, 3.8) is 0 Å². The van der Waals surface area contributed by atoms with Crippen LogP contribution in [0.3, 0.4) is 0 Å². The molecule has 0 bridgehead atoms. The van der Waals surface area contributed by atoms with E-state index in [1.54, 1.807) is 7.05 Å². The number of hydrogen-bond donors (Lipinski definition) is 2.